The van der Waals surface area contributed by atoms with Crippen molar-refractivity contribution < 1.29 is 19.1 Å². The quantitative estimate of drug-likeness (QED) is 0.558. The minimum absolute atomic E-state index is 0.149. The van der Waals surface area contributed by atoms with E-state index in [9.17, 15) is 19.1 Å². The maximum Gasteiger partial charge on any atom is 0.337 e. The first-order valence-corrected chi connectivity index (χ1v) is 8.57. The normalized spacial score (nSPS) is 10.7. The molecule has 0 amide bonds. The van der Waals surface area contributed by atoms with Crippen molar-refractivity contribution in [1.82, 2.24) is 0 Å². The number of carbonyl (C=O) groups excluding carboxylic acids is 1. The second-order valence-corrected chi connectivity index (χ2v) is 7.19. The van der Waals surface area contributed by atoms with Crippen LogP contribution in [-0.4, -0.2) is 16.9 Å². The number of ketones is 1. The third-order valence-corrected chi connectivity index (χ3v) is 5.34. The molecule has 1 heterocycles. The van der Waals surface area contributed by atoms with Gasteiger partial charge in [-0.1, -0.05) is 13.0 Å². The Balaban J connectivity index is 2.54. The standard InChI is InChI=1S/C16H14FIO3S/c1-3-11-14(16(20)21)13(22-15(11)8(2)19)6-9-4-5-10(18)7-12(9)17/h4-5,7H,3,6H2,1-2H3,(H,20,21). The van der Waals surface area contributed by atoms with E-state index in [2.05, 4.69) is 0 Å². The summed E-state index contributed by atoms with van der Waals surface area (Å²) in [5, 5.41) is 9.46. The van der Waals surface area contributed by atoms with Crippen molar-refractivity contribution >= 4 is 45.7 Å². The molecule has 0 aliphatic rings. The average Bonchev–Trinajstić information content (AvgIpc) is 2.80. The van der Waals surface area contributed by atoms with E-state index < -0.39 is 5.97 Å². The molecule has 22 heavy (non-hydrogen) atoms. The SMILES string of the molecule is CCc1c(C(C)=O)sc(Cc2ccc(I)cc2F)c1C(=O)O. The first-order chi connectivity index (χ1) is 10.3. The number of carboxylic acid groups (broad SMARTS) is 1. The van der Waals surface area contributed by atoms with Gasteiger partial charge in [-0.2, -0.15) is 0 Å². The molecule has 0 radical (unpaired) electrons. The zero-order valence-corrected chi connectivity index (χ0v) is 15.0. The van der Waals surface area contributed by atoms with Crippen LogP contribution in [0.25, 0.3) is 0 Å². The van der Waals surface area contributed by atoms with E-state index in [4.69, 9.17) is 0 Å². The van der Waals surface area contributed by atoms with Crippen molar-refractivity contribution in [2.24, 2.45) is 0 Å². The number of thiophene rings is 1. The van der Waals surface area contributed by atoms with E-state index in [0.717, 1.165) is 14.9 Å². The summed E-state index contributed by atoms with van der Waals surface area (Å²) in [7, 11) is 0. The van der Waals surface area contributed by atoms with Gasteiger partial charge in [0.15, 0.2) is 5.78 Å². The lowest BCUT2D eigenvalue weighted by molar-refractivity contribution is 0.0695. The molecule has 0 saturated carbocycles. The van der Waals surface area contributed by atoms with Crippen LogP contribution in [0.2, 0.25) is 0 Å². The highest BCUT2D eigenvalue weighted by Gasteiger charge is 2.24. The van der Waals surface area contributed by atoms with Gasteiger partial charge >= 0.3 is 5.97 Å². The van der Waals surface area contributed by atoms with Crippen molar-refractivity contribution in [2.45, 2.75) is 26.7 Å². The fourth-order valence-electron chi connectivity index (χ4n) is 2.35. The molecule has 0 unspecified atom stereocenters. The lowest BCUT2D eigenvalue weighted by Gasteiger charge is -2.04. The molecule has 6 heteroatoms. The van der Waals surface area contributed by atoms with Gasteiger partial charge in [0.05, 0.1) is 10.4 Å². The molecule has 2 aromatic rings. The minimum Gasteiger partial charge on any atom is -0.478 e. The summed E-state index contributed by atoms with van der Waals surface area (Å²) in [5.41, 5.74) is 1.13. The fourth-order valence-corrected chi connectivity index (χ4v) is 4.10. The minimum atomic E-state index is -1.07. The third kappa shape index (κ3) is 3.38. The van der Waals surface area contributed by atoms with Crippen molar-refractivity contribution in [3.05, 3.63) is 54.0 Å². The Bertz CT molecular complexity index is 752. The Hall–Kier alpha value is -1.28. The third-order valence-electron chi connectivity index (χ3n) is 3.33. The Morgan fingerprint density at radius 3 is 2.55 bits per heavy atom. The van der Waals surface area contributed by atoms with Crippen LogP contribution < -0.4 is 0 Å². The number of halogens is 2. The van der Waals surface area contributed by atoms with Crippen LogP contribution in [0.4, 0.5) is 4.39 Å². The molecule has 2 rings (SSSR count). The zero-order valence-electron chi connectivity index (χ0n) is 12.1. The smallest absolute Gasteiger partial charge is 0.337 e. The molecule has 1 N–H and O–H groups in total. The first-order valence-electron chi connectivity index (χ1n) is 6.67. The summed E-state index contributed by atoms with van der Waals surface area (Å²) in [6, 6.07) is 4.84. The fraction of sp³-hybridized carbons (Fsp3) is 0.250. The largest absolute Gasteiger partial charge is 0.478 e. The van der Waals surface area contributed by atoms with Crippen molar-refractivity contribution in [3.63, 3.8) is 0 Å². The molecule has 116 valence electrons. The van der Waals surface area contributed by atoms with Crippen LogP contribution in [0.1, 0.15) is 49.9 Å². The zero-order chi connectivity index (χ0) is 16.4. The van der Waals surface area contributed by atoms with Crippen LogP contribution in [0.5, 0.6) is 0 Å². The van der Waals surface area contributed by atoms with Crippen molar-refractivity contribution in [3.8, 4) is 0 Å². The first kappa shape index (κ1) is 17.1. The second-order valence-electron chi connectivity index (χ2n) is 4.84. The molecular formula is C16H14FIO3S. The molecule has 0 aliphatic carbocycles. The number of Topliss-reactive ketones (excluding diaryl/α,β-unsaturated/α-hetero) is 1. The second kappa shape index (κ2) is 6.87. The lowest BCUT2D eigenvalue weighted by atomic mass is 10.0. The summed E-state index contributed by atoms with van der Waals surface area (Å²) >= 11 is 3.17. The van der Waals surface area contributed by atoms with Crippen LogP contribution >= 0.6 is 33.9 Å². The molecule has 3 nitrogen and oxygen atoms in total. The Morgan fingerprint density at radius 1 is 1.36 bits per heavy atom. The highest BCUT2D eigenvalue weighted by atomic mass is 127. The highest BCUT2D eigenvalue weighted by molar-refractivity contribution is 14.1. The molecule has 0 atom stereocenters. The molecule has 0 aliphatic heterocycles. The van der Waals surface area contributed by atoms with E-state index in [0.29, 0.717) is 27.3 Å². The van der Waals surface area contributed by atoms with Gasteiger partial charge < -0.3 is 5.11 Å². The number of carbonyl (C=O) groups is 2. The number of hydrogen-bond donors (Lipinski definition) is 1. The van der Waals surface area contributed by atoms with Gasteiger partial charge in [-0.05, 0) is 59.2 Å². The van der Waals surface area contributed by atoms with Gasteiger partial charge in [0.2, 0.25) is 0 Å². The summed E-state index contributed by atoms with van der Waals surface area (Å²) < 4.78 is 14.8. The van der Waals surface area contributed by atoms with Gasteiger partial charge in [-0.25, -0.2) is 9.18 Å². The maximum atomic E-state index is 14.0. The summed E-state index contributed by atoms with van der Waals surface area (Å²) in [5.74, 6) is -1.58. The van der Waals surface area contributed by atoms with E-state index in [1.165, 1.54) is 13.0 Å². The van der Waals surface area contributed by atoms with Gasteiger partial charge in [0, 0.05) is 14.9 Å². The van der Waals surface area contributed by atoms with Crippen LogP contribution in [0.3, 0.4) is 0 Å². The maximum absolute atomic E-state index is 14.0. The number of hydrogen-bond acceptors (Lipinski definition) is 3. The van der Waals surface area contributed by atoms with Gasteiger partial charge in [-0.15, -0.1) is 11.3 Å². The van der Waals surface area contributed by atoms with Gasteiger partial charge in [0.1, 0.15) is 5.82 Å². The summed E-state index contributed by atoms with van der Waals surface area (Å²) in [6.07, 6.45) is 0.636. The van der Waals surface area contributed by atoms with Crippen molar-refractivity contribution in [2.75, 3.05) is 0 Å². The van der Waals surface area contributed by atoms with Gasteiger partial charge in [0.25, 0.3) is 0 Å². The Morgan fingerprint density at radius 2 is 2.05 bits per heavy atom. The molecule has 1 aromatic carbocycles. The van der Waals surface area contributed by atoms with E-state index in [1.54, 1.807) is 12.1 Å². The lowest BCUT2D eigenvalue weighted by Crippen LogP contribution is -2.05. The number of carboxylic acids is 1. The highest BCUT2D eigenvalue weighted by Crippen LogP contribution is 2.32. The molecule has 0 bridgehead atoms. The molecule has 0 fully saturated rings. The number of benzene rings is 1. The Labute approximate surface area is 145 Å². The van der Waals surface area contributed by atoms with Gasteiger partial charge in [-0.3, -0.25) is 4.79 Å². The molecule has 0 spiro atoms. The monoisotopic (exact) mass is 432 g/mol. The number of aromatic carboxylic acids is 1. The molecular weight excluding hydrogens is 418 g/mol. The van der Waals surface area contributed by atoms with E-state index in [1.807, 2.05) is 29.5 Å². The van der Waals surface area contributed by atoms with Crippen molar-refractivity contribution in [1.29, 1.82) is 0 Å². The molecule has 1 aromatic heterocycles. The Kier molecular flexibility index (Phi) is 5.33. The van der Waals surface area contributed by atoms with Crippen LogP contribution in [0.15, 0.2) is 18.2 Å². The van der Waals surface area contributed by atoms with E-state index in [-0.39, 0.29) is 23.6 Å². The summed E-state index contributed by atoms with van der Waals surface area (Å²) in [4.78, 5) is 24.3. The van der Waals surface area contributed by atoms with E-state index >= 15 is 0 Å². The number of rotatable bonds is 5. The summed E-state index contributed by atoms with van der Waals surface area (Å²) in [6.45, 7) is 3.24. The molecule has 0 saturated heterocycles. The van der Waals surface area contributed by atoms with Crippen LogP contribution in [0, 0.1) is 9.39 Å². The predicted octanol–water partition coefficient (Wildman–Crippen LogP) is 4.55. The average molecular weight is 432 g/mol. The van der Waals surface area contributed by atoms with Crippen LogP contribution in [-0.2, 0) is 12.8 Å². The topological polar surface area (TPSA) is 54.4 Å². The predicted molar refractivity (Wildman–Crippen MR) is 92.6 cm³/mol.